The van der Waals surface area contributed by atoms with Gasteiger partial charge in [0.2, 0.25) is 5.90 Å². The second-order valence-corrected chi connectivity index (χ2v) is 5.90. The topological polar surface area (TPSA) is 67.8 Å². The van der Waals surface area contributed by atoms with Gasteiger partial charge in [-0.2, -0.15) is 8.42 Å². The number of nitrogens with zero attached hydrogens (tertiary/aromatic N) is 1. The maximum Gasteiger partial charge on any atom is 0.286 e. The molecule has 0 spiro atoms. The van der Waals surface area contributed by atoms with E-state index in [-0.39, 0.29) is 10.8 Å². The van der Waals surface area contributed by atoms with E-state index in [1.54, 1.807) is 18.2 Å². The van der Waals surface area contributed by atoms with Gasteiger partial charge in [-0.15, -0.1) is 4.40 Å². The molecule has 0 aromatic heterocycles. The summed E-state index contributed by atoms with van der Waals surface area (Å²) in [7, 11) is -3.57. The summed E-state index contributed by atoms with van der Waals surface area (Å²) >= 11 is 0. The molecular formula is C12H16N2O3S. The van der Waals surface area contributed by atoms with Crippen LogP contribution in [0.3, 0.4) is 0 Å². The molecular weight excluding hydrogens is 252 g/mol. The third-order valence-electron chi connectivity index (χ3n) is 2.49. The van der Waals surface area contributed by atoms with Gasteiger partial charge in [-0.1, -0.05) is 26.0 Å². The number of ether oxygens (including phenoxy) is 1. The Morgan fingerprint density at radius 2 is 2.06 bits per heavy atom. The third kappa shape index (κ3) is 2.70. The molecule has 1 aromatic carbocycles. The highest BCUT2D eigenvalue weighted by molar-refractivity contribution is 7.90. The van der Waals surface area contributed by atoms with E-state index >= 15 is 0 Å². The predicted octanol–water partition coefficient (Wildman–Crippen LogP) is 1.15. The lowest BCUT2D eigenvalue weighted by Crippen LogP contribution is -2.27. The molecule has 18 heavy (non-hydrogen) atoms. The van der Waals surface area contributed by atoms with Crippen LogP contribution >= 0.6 is 0 Å². The highest BCUT2D eigenvalue weighted by atomic mass is 32.2. The molecule has 5 nitrogen and oxygen atoms in total. The Morgan fingerprint density at radius 1 is 1.33 bits per heavy atom. The maximum absolute atomic E-state index is 11.7. The van der Waals surface area contributed by atoms with Crippen LogP contribution in [0, 0.1) is 0 Å². The molecule has 0 saturated heterocycles. The number of fused-ring (bicyclic) bond motifs is 1. The quantitative estimate of drug-likeness (QED) is 0.832. The van der Waals surface area contributed by atoms with Gasteiger partial charge in [-0.3, -0.25) is 0 Å². The molecule has 0 unspecified atom stereocenters. The fraction of sp³-hybridized carbons (Fsp3) is 0.417. The summed E-state index contributed by atoms with van der Waals surface area (Å²) in [6.07, 6.45) is 0. The van der Waals surface area contributed by atoms with E-state index < -0.39 is 10.0 Å². The molecule has 0 bridgehead atoms. The number of nitrogens with one attached hydrogen (secondary N) is 1. The second kappa shape index (κ2) is 5.07. The molecule has 6 heteroatoms. The van der Waals surface area contributed by atoms with Crippen molar-refractivity contribution in [2.24, 2.45) is 4.40 Å². The first kappa shape index (κ1) is 13.0. The molecule has 0 atom stereocenters. The van der Waals surface area contributed by atoms with Crippen LogP contribution in [0.5, 0.6) is 0 Å². The largest absolute Gasteiger partial charge is 0.475 e. The Labute approximate surface area is 107 Å². The van der Waals surface area contributed by atoms with E-state index in [1.807, 2.05) is 13.8 Å². The van der Waals surface area contributed by atoms with Crippen LogP contribution in [0.2, 0.25) is 0 Å². The normalized spacial score (nSPS) is 16.5. The number of sulfonamides is 1. The summed E-state index contributed by atoms with van der Waals surface area (Å²) < 4.78 is 32.5. The van der Waals surface area contributed by atoms with Gasteiger partial charge in [0.1, 0.15) is 11.5 Å². The number of rotatable bonds is 4. The van der Waals surface area contributed by atoms with Crippen LogP contribution in [-0.2, 0) is 14.8 Å². The lowest BCUT2D eigenvalue weighted by atomic mass is 10.2. The van der Waals surface area contributed by atoms with E-state index in [1.165, 1.54) is 6.07 Å². The Kier molecular flexibility index (Phi) is 3.68. The Hall–Kier alpha value is -1.40. The molecule has 1 aliphatic heterocycles. The van der Waals surface area contributed by atoms with Crippen LogP contribution in [0.1, 0.15) is 19.4 Å². The first-order chi connectivity index (χ1) is 8.50. The first-order valence-corrected chi connectivity index (χ1v) is 7.25. The van der Waals surface area contributed by atoms with Gasteiger partial charge in [-0.25, -0.2) is 0 Å². The van der Waals surface area contributed by atoms with E-state index in [9.17, 15) is 8.42 Å². The molecule has 1 aromatic rings. The van der Waals surface area contributed by atoms with Gasteiger partial charge in [-0.05, 0) is 12.1 Å². The zero-order chi connectivity index (χ0) is 13.2. The Balaban J connectivity index is 2.07. The average Bonchev–Trinajstić information content (AvgIpc) is 2.57. The molecule has 1 N–H and O–H groups in total. The van der Waals surface area contributed by atoms with Crippen LogP contribution in [0.25, 0.3) is 0 Å². The number of hydrogen-bond donors (Lipinski definition) is 1. The monoisotopic (exact) mass is 268 g/mol. The van der Waals surface area contributed by atoms with Crippen molar-refractivity contribution in [1.82, 2.24) is 5.32 Å². The zero-order valence-corrected chi connectivity index (χ0v) is 11.2. The van der Waals surface area contributed by atoms with Gasteiger partial charge in [0.05, 0.1) is 5.56 Å². The van der Waals surface area contributed by atoms with Crippen LogP contribution in [0.4, 0.5) is 0 Å². The lowest BCUT2D eigenvalue weighted by Gasteiger charge is -2.09. The summed E-state index contributed by atoms with van der Waals surface area (Å²) in [6.45, 7) is 5.11. The van der Waals surface area contributed by atoms with E-state index in [0.717, 1.165) is 0 Å². The van der Waals surface area contributed by atoms with Gasteiger partial charge in [0, 0.05) is 12.6 Å². The van der Waals surface area contributed by atoms with Crippen molar-refractivity contribution in [3.8, 4) is 0 Å². The number of hydrogen-bond acceptors (Lipinski definition) is 4. The van der Waals surface area contributed by atoms with E-state index in [4.69, 9.17) is 4.74 Å². The minimum Gasteiger partial charge on any atom is -0.475 e. The molecule has 2 rings (SSSR count). The number of benzene rings is 1. The lowest BCUT2D eigenvalue weighted by molar-refractivity contribution is 0.299. The van der Waals surface area contributed by atoms with Crippen molar-refractivity contribution >= 4 is 15.9 Å². The fourth-order valence-corrected chi connectivity index (χ4v) is 2.83. The molecule has 0 radical (unpaired) electrons. The maximum atomic E-state index is 11.7. The standard InChI is InChI=1S/C12H16N2O3S/c1-9(2)13-7-8-17-12-10-5-3-4-6-11(10)18(15,16)14-12/h3-6,9,13H,7-8H2,1-2H3. The third-order valence-corrected chi connectivity index (χ3v) is 3.81. The van der Waals surface area contributed by atoms with E-state index in [0.29, 0.717) is 24.8 Å². The summed E-state index contributed by atoms with van der Waals surface area (Å²) in [4.78, 5) is 0.219. The van der Waals surface area contributed by atoms with Crippen molar-refractivity contribution in [3.05, 3.63) is 29.8 Å². The molecule has 0 aliphatic carbocycles. The van der Waals surface area contributed by atoms with Crippen LogP contribution in [-0.4, -0.2) is 33.5 Å². The molecule has 0 fully saturated rings. The minimum atomic E-state index is -3.57. The van der Waals surface area contributed by atoms with Crippen molar-refractivity contribution in [2.45, 2.75) is 24.8 Å². The molecule has 0 saturated carbocycles. The van der Waals surface area contributed by atoms with Crippen LogP contribution < -0.4 is 5.32 Å². The molecule has 1 heterocycles. The Bertz CT molecular complexity index is 564. The summed E-state index contributed by atoms with van der Waals surface area (Å²) in [5.74, 6) is 0.191. The van der Waals surface area contributed by atoms with Gasteiger partial charge in [0.15, 0.2) is 0 Å². The van der Waals surface area contributed by atoms with Gasteiger partial charge < -0.3 is 10.1 Å². The smallest absolute Gasteiger partial charge is 0.286 e. The van der Waals surface area contributed by atoms with Gasteiger partial charge >= 0.3 is 0 Å². The van der Waals surface area contributed by atoms with Crippen molar-refractivity contribution in [1.29, 1.82) is 0 Å². The minimum absolute atomic E-state index is 0.191. The highest BCUT2D eigenvalue weighted by Crippen LogP contribution is 2.25. The van der Waals surface area contributed by atoms with Crippen molar-refractivity contribution in [3.63, 3.8) is 0 Å². The SMILES string of the molecule is CC(C)NCCOC1=NS(=O)(=O)c2ccccc21. The van der Waals surface area contributed by atoms with Gasteiger partial charge in [0.25, 0.3) is 10.0 Å². The average molecular weight is 268 g/mol. The van der Waals surface area contributed by atoms with E-state index in [2.05, 4.69) is 9.71 Å². The van der Waals surface area contributed by atoms with Crippen molar-refractivity contribution < 1.29 is 13.2 Å². The fourth-order valence-electron chi connectivity index (χ4n) is 1.68. The summed E-state index contributed by atoms with van der Waals surface area (Å²) in [6, 6.07) is 7.06. The van der Waals surface area contributed by atoms with Crippen molar-refractivity contribution in [2.75, 3.05) is 13.2 Å². The second-order valence-electron chi connectivity index (χ2n) is 4.32. The summed E-state index contributed by atoms with van der Waals surface area (Å²) in [5, 5.41) is 3.18. The molecule has 1 aliphatic rings. The van der Waals surface area contributed by atoms with Crippen LogP contribution in [0.15, 0.2) is 33.6 Å². The summed E-state index contributed by atoms with van der Waals surface area (Å²) in [5.41, 5.74) is 0.544. The molecule has 98 valence electrons. The first-order valence-electron chi connectivity index (χ1n) is 5.81. The predicted molar refractivity (Wildman–Crippen MR) is 69.3 cm³/mol. The Morgan fingerprint density at radius 3 is 2.78 bits per heavy atom. The highest BCUT2D eigenvalue weighted by Gasteiger charge is 2.29. The molecule has 0 amide bonds. The zero-order valence-electron chi connectivity index (χ0n) is 10.4.